The first-order chi connectivity index (χ1) is 7.16. The van der Waals surface area contributed by atoms with E-state index in [1.165, 1.54) is 0 Å². The Hall–Kier alpha value is -1.10. The average molecular weight is 271 g/mol. The summed E-state index contributed by atoms with van der Waals surface area (Å²) < 4.78 is 6.45. The third kappa shape index (κ3) is 2.28. The van der Waals surface area contributed by atoms with Gasteiger partial charge in [-0.1, -0.05) is 0 Å². The quantitative estimate of drug-likeness (QED) is 0.817. The molecule has 0 N–H and O–H groups in total. The van der Waals surface area contributed by atoms with Gasteiger partial charge in [-0.2, -0.15) is 0 Å². The minimum Gasteiger partial charge on any atom is -0.470 e. The second kappa shape index (κ2) is 4.18. The van der Waals surface area contributed by atoms with Gasteiger partial charge in [0.2, 0.25) is 11.8 Å². The molecule has 1 saturated heterocycles. The number of hydrogen-bond acceptors (Lipinski definition) is 3. The highest BCUT2D eigenvalue weighted by Gasteiger charge is 2.30. The van der Waals surface area contributed by atoms with Crippen LogP contribution in [0.1, 0.15) is 6.92 Å². The van der Waals surface area contributed by atoms with Crippen LogP contribution in [0.15, 0.2) is 22.8 Å². The van der Waals surface area contributed by atoms with Gasteiger partial charge in [0.1, 0.15) is 6.10 Å². The van der Waals surface area contributed by atoms with Gasteiger partial charge >= 0.3 is 0 Å². The Bertz CT molecular complexity index is 377. The highest BCUT2D eigenvalue weighted by molar-refractivity contribution is 9.10. The number of rotatable bonds is 2. The van der Waals surface area contributed by atoms with Crippen LogP contribution in [0.3, 0.4) is 0 Å². The molecule has 1 fully saturated rings. The fourth-order valence-electron chi connectivity index (χ4n) is 1.39. The molecule has 4 nitrogen and oxygen atoms in total. The summed E-state index contributed by atoms with van der Waals surface area (Å²) in [5.41, 5.74) is 0. The molecule has 1 aromatic heterocycles. The first kappa shape index (κ1) is 10.4. The predicted octanol–water partition coefficient (Wildman–Crippen LogP) is 1.45. The van der Waals surface area contributed by atoms with Gasteiger partial charge in [-0.25, -0.2) is 4.98 Å². The number of likely N-dealkylation sites (tertiary alicyclic amines) is 1. The molecule has 0 aromatic carbocycles. The van der Waals surface area contributed by atoms with E-state index >= 15 is 0 Å². The molecule has 0 bridgehead atoms. The van der Waals surface area contributed by atoms with Crippen LogP contribution in [0.4, 0.5) is 0 Å². The molecule has 1 aromatic rings. The summed E-state index contributed by atoms with van der Waals surface area (Å²) in [6, 6.07) is 3.71. The van der Waals surface area contributed by atoms with Crippen LogP contribution >= 0.6 is 15.9 Å². The number of nitrogens with zero attached hydrogens (tertiary/aromatic N) is 2. The number of hydrogen-bond donors (Lipinski definition) is 0. The summed E-state index contributed by atoms with van der Waals surface area (Å²) in [6.07, 6.45) is 1.75. The molecule has 80 valence electrons. The van der Waals surface area contributed by atoms with Crippen molar-refractivity contribution in [3.05, 3.63) is 22.8 Å². The Kier molecular flexibility index (Phi) is 2.90. The zero-order valence-electron chi connectivity index (χ0n) is 8.31. The molecule has 0 saturated carbocycles. The van der Waals surface area contributed by atoms with Gasteiger partial charge in [0.05, 0.1) is 17.6 Å². The number of halogens is 1. The lowest BCUT2D eigenvalue weighted by Gasteiger charge is -2.38. The molecule has 1 aliphatic rings. The van der Waals surface area contributed by atoms with E-state index in [0.717, 1.165) is 4.47 Å². The van der Waals surface area contributed by atoms with Crippen LogP contribution in [0.5, 0.6) is 5.88 Å². The summed E-state index contributed by atoms with van der Waals surface area (Å²) in [7, 11) is 0. The van der Waals surface area contributed by atoms with Gasteiger partial charge in [-0.15, -0.1) is 0 Å². The third-order valence-electron chi connectivity index (χ3n) is 2.30. The van der Waals surface area contributed by atoms with E-state index in [-0.39, 0.29) is 12.0 Å². The van der Waals surface area contributed by atoms with Crippen molar-refractivity contribution in [2.45, 2.75) is 13.0 Å². The van der Waals surface area contributed by atoms with Crippen molar-refractivity contribution < 1.29 is 9.53 Å². The summed E-state index contributed by atoms with van der Waals surface area (Å²) in [4.78, 5) is 16.8. The zero-order valence-corrected chi connectivity index (χ0v) is 9.90. The fraction of sp³-hybridized carbons (Fsp3) is 0.400. The summed E-state index contributed by atoms with van der Waals surface area (Å²) in [6.45, 7) is 2.86. The number of ether oxygens (including phenoxy) is 1. The minimum atomic E-state index is 0.0695. The summed E-state index contributed by atoms with van der Waals surface area (Å²) in [5, 5.41) is 0. The Morgan fingerprint density at radius 1 is 1.67 bits per heavy atom. The predicted molar refractivity (Wildman–Crippen MR) is 58.6 cm³/mol. The molecule has 2 heterocycles. The second-order valence-corrected chi connectivity index (χ2v) is 4.31. The molecule has 0 radical (unpaired) electrons. The van der Waals surface area contributed by atoms with Crippen molar-refractivity contribution >= 4 is 21.8 Å². The molecule has 0 aliphatic carbocycles. The largest absolute Gasteiger partial charge is 0.470 e. The van der Waals surface area contributed by atoms with E-state index in [2.05, 4.69) is 20.9 Å². The Morgan fingerprint density at radius 3 is 3.00 bits per heavy atom. The molecule has 0 spiro atoms. The highest BCUT2D eigenvalue weighted by atomic mass is 79.9. The van der Waals surface area contributed by atoms with Crippen LogP contribution < -0.4 is 4.74 Å². The van der Waals surface area contributed by atoms with E-state index < -0.39 is 0 Å². The smallest absolute Gasteiger partial charge is 0.228 e. The molecule has 0 unspecified atom stereocenters. The zero-order chi connectivity index (χ0) is 10.8. The maximum atomic E-state index is 10.9. The number of carbonyl (C=O) groups excluding carboxylic acids is 1. The van der Waals surface area contributed by atoms with Crippen LogP contribution in [-0.4, -0.2) is 35.0 Å². The average Bonchev–Trinajstić information content (AvgIpc) is 2.12. The molecular formula is C10H11BrN2O2. The van der Waals surface area contributed by atoms with E-state index in [0.29, 0.717) is 19.0 Å². The van der Waals surface area contributed by atoms with E-state index in [9.17, 15) is 4.79 Å². The monoisotopic (exact) mass is 270 g/mol. The SMILES string of the molecule is CC(=O)N1CC(Oc2ncccc2Br)C1. The van der Waals surface area contributed by atoms with Gasteiger partial charge < -0.3 is 9.64 Å². The Morgan fingerprint density at radius 2 is 2.40 bits per heavy atom. The maximum Gasteiger partial charge on any atom is 0.228 e. The van der Waals surface area contributed by atoms with Crippen LogP contribution in [0.2, 0.25) is 0 Å². The number of pyridine rings is 1. The normalized spacial score (nSPS) is 16.0. The Balaban J connectivity index is 1.90. The van der Waals surface area contributed by atoms with E-state index in [1.54, 1.807) is 18.0 Å². The van der Waals surface area contributed by atoms with Crippen molar-refractivity contribution in [3.63, 3.8) is 0 Å². The number of carbonyl (C=O) groups is 1. The van der Waals surface area contributed by atoms with Crippen LogP contribution in [-0.2, 0) is 4.79 Å². The van der Waals surface area contributed by atoms with Gasteiger partial charge in [0, 0.05) is 13.1 Å². The van der Waals surface area contributed by atoms with Gasteiger partial charge in [-0.05, 0) is 28.1 Å². The standard InChI is InChI=1S/C10H11BrN2O2/c1-7(14)13-5-8(6-13)15-10-9(11)3-2-4-12-10/h2-4,8H,5-6H2,1H3. The first-order valence-corrected chi connectivity index (χ1v) is 5.49. The lowest BCUT2D eigenvalue weighted by Crippen LogP contribution is -2.55. The number of amides is 1. The molecular weight excluding hydrogens is 260 g/mol. The Labute approximate surface area is 96.4 Å². The second-order valence-electron chi connectivity index (χ2n) is 3.45. The van der Waals surface area contributed by atoms with Crippen molar-refractivity contribution in [3.8, 4) is 5.88 Å². The summed E-state index contributed by atoms with van der Waals surface area (Å²) in [5.74, 6) is 0.681. The van der Waals surface area contributed by atoms with E-state index in [4.69, 9.17) is 4.74 Å². The van der Waals surface area contributed by atoms with E-state index in [1.807, 2.05) is 12.1 Å². The molecule has 15 heavy (non-hydrogen) atoms. The molecule has 5 heteroatoms. The molecule has 2 rings (SSSR count). The van der Waals surface area contributed by atoms with Crippen molar-refractivity contribution in [2.75, 3.05) is 13.1 Å². The van der Waals surface area contributed by atoms with Crippen molar-refractivity contribution in [2.24, 2.45) is 0 Å². The minimum absolute atomic E-state index is 0.0695. The summed E-state index contributed by atoms with van der Waals surface area (Å²) >= 11 is 3.35. The molecule has 1 amide bonds. The number of aromatic nitrogens is 1. The molecule has 1 aliphatic heterocycles. The van der Waals surface area contributed by atoms with Crippen LogP contribution in [0.25, 0.3) is 0 Å². The van der Waals surface area contributed by atoms with Gasteiger partial charge in [0.25, 0.3) is 0 Å². The maximum absolute atomic E-state index is 10.9. The third-order valence-corrected chi connectivity index (χ3v) is 2.90. The van der Waals surface area contributed by atoms with Crippen molar-refractivity contribution in [1.82, 2.24) is 9.88 Å². The topological polar surface area (TPSA) is 42.4 Å². The lowest BCUT2D eigenvalue weighted by atomic mass is 10.2. The van der Waals surface area contributed by atoms with Gasteiger partial charge in [0.15, 0.2) is 0 Å². The fourth-order valence-corrected chi connectivity index (χ4v) is 1.73. The van der Waals surface area contributed by atoms with Crippen LogP contribution in [0, 0.1) is 0 Å². The lowest BCUT2D eigenvalue weighted by molar-refractivity contribution is -0.137. The first-order valence-electron chi connectivity index (χ1n) is 4.69. The van der Waals surface area contributed by atoms with Crippen molar-refractivity contribution in [1.29, 1.82) is 0 Å². The molecule has 0 atom stereocenters. The highest BCUT2D eigenvalue weighted by Crippen LogP contribution is 2.24. The van der Waals surface area contributed by atoms with Gasteiger partial charge in [-0.3, -0.25) is 4.79 Å².